The molecule has 0 saturated heterocycles. The number of ether oxygens (including phenoxy) is 3. The minimum Gasteiger partial charge on any atom is -0.493 e. The van der Waals surface area contributed by atoms with Crippen LogP contribution in [0.25, 0.3) is 6.08 Å². The second-order valence-corrected chi connectivity index (χ2v) is 7.10. The van der Waals surface area contributed by atoms with Gasteiger partial charge in [0.25, 0.3) is 0 Å². The smallest absolute Gasteiger partial charge is 0.248 e. The number of nitrogens with one attached hydrogen (secondary N) is 1. The van der Waals surface area contributed by atoms with Crippen molar-refractivity contribution in [3.8, 4) is 17.2 Å². The van der Waals surface area contributed by atoms with E-state index in [1.54, 1.807) is 20.3 Å². The number of carbonyl (C=O) groups is 1. The largest absolute Gasteiger partial charge is 0.493 e. The van der Waals surface area contributed by atoms with Gasteiger partial charge in [0.2, 0.25) is 11.7 Å². The first-order valence-electron chi connectivity index (χ1n) is 10.00. The number of methoxy groups -OCH3 is 2. The zero-order valence-electron chi connectivity index (χ0n) is 18.3. The van der Waals surface area contributed by atoms with Gasteiger partial charge in [-0.1, -0.05) is 42.5 Å². The van der Waals surface area contributed by atoms with E-state index in [1.165, 1.54) is 6.08 Å². The maximum absolute atomic E-state index is 12.4. The second-order valence-electron chi connectivity index (χ2n) is 7.10. The first kappa shape index (κ1) is 22.0. The first-order valence-corrected chi connectivity index (χ1v) is 10.00. The minimum atomic E-state index is -0.212. The van der Waals surface area contributed by atoms with Gasteiger partial charge in [0.05, 0.1) is 14.2 Å². The third-order valence-electron chi connectivity index (χ3n) is 5.00. The topological polar surface area (TPSA) is 56.8 Å². The molecule has 3 aromatic carbocycles. The number of benzene rings is 3. The molecule has 0 unspecified atom stereocenters. The predicted octanol–water partition coefficient (Wildman–Crippen LogP) is 5.55. The van der Waals surface area contributed by atoms with Gasteiger partial charge in [0, 0.05) is 11.8 Å². The number of aryl methyl sites for hydroxylation is 1. The Kier molecular flexibility index (Phi) is 7.33. The summed E-state index contributed by atoms with van der Waals surface area (Å²) < 4.78 is 17.0. The van der Waals surface area contributed by atoms with E-state index in [1.807, 2.05) is 74.5 Å². The van der Waals surface area contributed by atoms with E-state index in [9.17, 15) is 4.79 Å². The normalized spacial score (nSPS) is 10.7. The van der Waals surface area contributed by atoms with Crippen LogP contribution in [0.3, 0.4) is 0 Å². The van der Waals surface area contributed by atoms with Crippen molar-refractivity contribution in [3.63, 3.8) is 0 Å². The molecule has 0 spiro atoms. The van der Waals surface area contributed by atoms with E-state index in [4.69, 9.17) is 14.2 Å². The molecular weight excluding hydrogens is 390 g/mol. The van der Waals surface area contributed by atoms with E-state index in [2.05, 4.69) is 5.32 Å². The van der Waals surface area contributed by atoms with Gasteiger partial charge in [0.1, 0.15) is 6.61 Å². The van der Waals surface area contributed by atoms with E-state index in [0.717, 1.165) is 27.9 Å². The molecule has 0 heterocycles. The number of rotatable bonds is 8. The first-order chi connectivity index (χ1) is 15.0. The Morgan fingerprint density at radius 2 is 1.61 bits per heavy atom. The van der Waals surface area contributed by atoms with Gasteiger partial charge in [-0.15, -0.1) is 0 Å². The summed E-state index contributed by atoms with van der Waals surface area (Å²) in [5, 5.41) is 2.92. The van der Waals surface area contributed by atoms with Crippen molar-refractivity contribution >= 4 is 17.7 Å². The van der Waals surface area contributed by atoms with Crippen molar-refractivity contribution in [2.75, 3.05) is 19.5 Å². The van der Waals surface area contributed by atoms with Crippen LogP contribution in [0.2, 0.25) is 0 Å². The van der Waals surface area contributed by atoms with Crippen molar-refractivity contribution in [2.24, 2.45) is 0 Å². The summed E-state index contributed by atoms with van der Waals surface area (Å²) >= 11 is 0. The third-order valence-corrected chi connectivity index (χ3v) is 5.00. The predicted molar refractivity (Wildman–Crippen MR) is 124 cm³/mol. The number of hydrogen-bond donors (Lipinski definition) is 1. The lowest BCUT2D eigenvalue weighted by Gasteiger charge is -2.15. The van der Waals surface area contributed by atoms with Gasteiger partial charge in [-0.25, -0.2) is 0 Å². The van der Waals surface area contributed by atoms with Crippen LogP contribution in [0.4, 0.5) is 5.69 Å². The lowest BCUT2D eigenvalue weighted by Crippen LogP contribution is -2.09. The molecule has 31 heavy (non-hydrogen) atoms. The van der Waals surface area contributed by atoms with Crippen molar-refractivity contribution in [1.82, 2.24) is 0 Å². The fourth-order valence-corrected chi connectivity index (χ4v) is 3.10. The van der Waals surface area contributed by atoms with Crippen LogP contribution in [0, 0.1) is 13.8 Å². The number of anilines is 1. The average molecular weight is 418 g/mol. The molecule has 160 valence electrons. The fourth-order valence-electron chi connectivity index (χ4n) is 3.10. The summed E-state index contributed by atoms with van der Waals surface area (Å²) in [6.07, 6.45) is 3.20. The maximum atomic E-state index is 12.4. The van der Waals surface area contributed by atoms with E-state index in [-0.39, 0.29) is 5.91 Å². The van der Waals surface area contributed by atoms with Gasteiger partial charge in [-0.3, -0.25) is 4.79 Å². The van der Waals surface area contributed by atoms with Crippen LogP contribution in [0.1, 0.15) is 22.3 Å². The number of hydrogen-bond acceptors (Lipinski definition) is 4. The Bertz CT molecular complexity index is 1050. The number of carbonyl (C=O) groups excluding carboxylic acids is 1. The quantitative estimate of drug-likeness (QED) is 0.488. The van der Waals surface area contributed by atoms with Crippen LogP contribution >= 0.6 is 0 Å². The fraction of sp³-hybridized carbons (Fsp3) is 0.192. The Balaban J connectivity index is 1.76. The lowest BCUT2D eigenvalue weighted by atomic mass is 10.1. The molecule has 0 aliphatic heterocycles. The van der Waals surface area contributed by atoms with Gasteiger partial charge < -0.3 is 19.5 Å². The van der Waals surface area contributed by atoms with E-state index < -0.39 is 0 Å². The summed E-state index contributed by atoms with van der Waals surface area (Å²) in [6, 6.07) is 19.3. The zero-order valence-corrected chi connectivity index (χ0v) is 18.3. The molecule has 1 N–H and O–H groups in total. The van der Waals surface area contributed by atoms with Crippen LogP contribution in [0.15, 0.2) is 66.7 Å². The van der Waals surface area contributed by atoms with Gasteiger partial charge in [-0.2, -0.15) is 0 Å². The summed E-state index contributed by atoms with van der Waals surface area (Å²) in [7, 11) is 3.15. The van der Waals surface area contributed by atoms with Crippen molar-refractivity contribution in [3.05, 3.63) is 89.0 Å². The Labute approximate surface area is 183 Å². The molecule has 0 aliphatic carbocycles. The summed E-state index contributed by atoms with van der Waals surface area (Å²) in [5.74, 6) is 1.37. The molecule has 0 saturated carbocycles. The average Bonchev–Trinajstić information content (AvgIpc) is 2.79. The molecule has 5 heteroatoms. The molecule has 1 amide bonds. The van der Waals surface area contributed by atoms with Crippen LogP contribution in [-0.4, -0.2) is 20.1 Å². The van der Waals surface area contributed by atoms with Gasteiger partial charge >= 0.3 is 0 Å². The second kappa shape index (κ2) is 10.3. The Morgan fingerprint density at radius 3 is 2.26 bits per heavy atom. The Morgan fingerprint density at radius 1 is 0.935 bits per heavy atom. The van der Waals surface area contributed by atoms with E-state index >= 15 is 0 Å². The van der Waals surface area contributed by atoms with E-state index in [0.29, 0.717) is 23.9 Å². The molecule has 0 bridgehead atoms. The highest BCUT2D eigenvalue weighted by Gasteiger charge is 2.14. The molecule has 3 rings (SSSR count). The van der Waals surface area contributed by atoms with Gasteiger partial charge in [-0.05, 0) is 60.4 Å². The molecule has 0 aromatic heterocycles. The van der Waals surface area contributed by atoms with Crippen LogP contribution in [-0.2, 0) is 11.4 Å². The summed E-state index contributed by atoms with van der Waals surface area (Å²) in [4.78, 5) is 12.4. The molecule has 0 radical (unpaired) electrons. The maximum Gasteiger partial charge on any atom is 0.248 e. The summed E-state index contributed by atoms with van der Waals surface area (Å²) in [6.45, 7) is 4.39. The molecule has 5 nitrogen and oxygen atoms in total. The lowest BCUT2D eigenvalue weighted by molar-refractivity contribution is -0.111. The van der Waals surface area contributed by atoms with Crippen molar-refractivity contribution < 1.29 is 19.0 Å². The van der Waals surface area contributed by atoms with Gasteiger partial charge in [0.15, 0.2) is 11.5 Å². The molecule has 0 atom stereocenters. The number of amides is 1. The monoisotopic (exact) mass is 417 g/mol. The SMILES string of the molecule is COc1cc(/C=C/C(=O)Nc2cccc(C)c2C)cc(OC)c1OCc1ccccc1. The van der Waals surface area contributed by atoms with Crippen LogP contribution in [0.5, 0.6) is 17.2 Å². The molecule has 0 fully saturated rings. The highest BCUT2D eigenvalue weighted by molar-refractivity contribution is 6.02. The zero-order chi connectivity index (χ0) is 22.2. The molecular formula is C26H27NO4. The van der Waals surface area contributed by atoms with Crippen LogP contribution < -0.4 is 19.5 Å². The Hall–Kier alpha value is -3.73. The standard InChI is InChI=1S/C26H27NO4/c1-18-9-8-12-22(19(18)2)27-25(28)14-13-21-15-23(29-3)26(24(16-21)30-4)31-17-20-10-6-5-7-11-20/h5-16H,17H2,1-4H3,(H,27,28)/b14-13+. The van der Waals surface area contributed by atoms with Crippen molar-refractivity contribution in [2.45, 2.75) is 20.5 Å². The minimum absolute atomic E-state index is 0.212. The highest BCUT2D eigenvalue weighted by atomic mass is 16.5. The molecule has 3 aromatic rings. The summed E-state index contributed by atoms with van der Waals surface area (Å²) in [5.41, 5.74) is 4.78. The highest BCUT2D eigenvalue weighted by Crippen LogP contribution is 2.39. The third kappa shape index (κ3) is 5.66. The van der Waals surface area contributed by atoms with Crippen molar-refractivity contribution in [1.29, 1.82) is 0 Å². The molecule has 0 aliphatic rings.